The summed E-state index contributed by atoms with van der Waals surface area (Å²) in [7, 11) is 0. The average molecular weight is 429 g/mol. The highest BCUT2D eigenvalue weighted by Gasteiger charge is 2.15. The van der Waals surface area contributed by atoms with Crippen LogP contribution in [0.3, 0.4) is 0 Å². The molecule has 3 rings (SSSR count). The van der Waals surface area contributed by atoms with E-state index in [-0.39, 0.29) is 11.9 Å². The molecule has 0 aliphatic carbocycles. The van der Waals surface area contributed by atoms with Crippen LogP contribution in [-0.2, 0) is 0 Å². The van der Waals surface area contributed by atoms with Gasteiger partial charge >= 0.3 is 0 Å². The molecule has 0 bridgehead atoms. The summed E-state index contributed by atoms with van der Waals surface area (Å²) in [4.78, 5) is 0. The van der Waals surface area contributed by atoms with Crippen LogP contribution in [0.4, 0.5) is 10.1 Å². The van der Waals surface area contributed by atoms with Crippen molar-refractivity contribution in [2.24, 2.45) is 0 Å². The minimum absolute atomic E-state index is 0.129. The largest absolute Gasteiger partial charge is 0.352 e. The zero-order chi connectivity index (χ0) is 18.5. The Hall–Kier alpha value is -2.24. The Bertz CT molecular complexity index is 898. The second-order valence-corrected chi connectivity index (χ2v) is 7.30. The van der Waals surface area contributed by atoms with Crippen molar-refractivity contribution in [1.29, 1.82) is 0 Å². The Morgan fingerprint density at radius 3 is 2.27 bits per heavy atom. The topological polar surface area (TPSA) is 24.1 Å². The van der Waals surface area contributed by atoms with Crippen LogP contribution in [0.15, 0.2) is 77.3 Å². The van der Waals surface area contributed by atoms with Gasteiger partial charge in [-0.1, -0.05) is 76.1 Å². The maximum Gasteiger partial charge on any atom is 0.171 e. The van der Waals surface area contributed by atoms with Crippen molar-refractivity contribution in [3.63, 3.8) is 0 Å². The van der Waals surface area contributed by atoms with Crippen LogP contribution < -0.4 is 10.6 Å². The SMILES string of the molecule is Cc1ccc([C@H](NC(=S)Nc2ccc(Br)cc2F)c2ccccc2)cc1. The highest BCUT2D eigenvalue weighted by atomic mass is 79.9. The van der Waals surface area contributed by atoms with E-state index in [1.54, 1.807) is 12.1 Å². The minimum Gasteiger partial charge on any atom is -0.352 e. The van der Waals surface area contributed by atoms with Gasteiger partial charge in [-0.3, -0.25) is 0 Å². The molecule has 0 spiro atoms. The smallest absolute Gasteiger partial charge is 0.171 e. The van der Waals surface area contributed by atoms with Gasteiger partial charge in [0.2, 0.25) is 0 Å². The Morgan fingerprint density at radius 2 is 1.62 bits per heavy atom. The van der Waals surface area contributed by atoms with Crippen molar-refractivity contribution in [2.45, 2.75) is 13.0 Å². The second kappa shape index (κ2) is 8.43. The van der Waals surface area contributed by atoms with Crippen molar-refractivity contribution < 1.29 is 4.39 Å². The maximum atomic E-state index is 14.1. The lowest BCUT2D eigenvalue weighted by molar-refractivity contribution is 0.631. The van der Waals surface area contributed by atoms with Crippen molar-refractivity contribution in [3.05, 3.63) is 99.8 Å². The molecule has 0 aliphatic heterocycles. The molecule has 0 heterocycles. The van der Waals surface area contributed by atoms with Crippen LogP contribution in [0, 0.1) is 12.7 Å². The normalized spacial score (nSPS) is 11.7. The first-order valence-electron chi connectivity index (χ1n) is 8.17. The fourth-order valence-corrected chi connectivity index (χ4v) is 3.20. The quantitative estimate of drug-likeness (QED) is 0.500. The molecule has 3 aromatic carbocycles. The Kier molecular flexibility index (Phi) is 6.01. The van der Waals surface area contributed by atoms with E-state index in [0.717, 1.165) is 11.1 Å². The molecule has 2 nitrogen and oxygen atoms in total. The Balaban J connectivity index is 1.83. The third-order valence-corrected chi connectivity index (χ3v) is 4.71. The second-order valence-electron chi connectivity index (χ2n) is 5.98. The van der Waals surface area contributed by atoms with Crippen LogP contribution >= 0.6 is 28.1 Å². The summed E-state index contributed by atoms with van der Waals surface area (Å²) in [6.45, 7) is 2.05. The first kappa shape index (κ1) is 18.5. The van der Waals surface area contributed by atoms with E-state index < -0.39 is 0 Å². The molecular weight excluding hydrogens is 411 g/mol. The predicted octanol–water partition coefficient (Wildman–Crippen LogP) is 5.97. The lowest BCUT2D eigenvalue weighted by Crippen LogP contribution is -2.33. The highest BCUT2D eigenvalue weighted by Crippen LogP contribution is 2.23. The molecule has 0 saturated carbocycles. The molecule has 2 N–H and O–H groups in total. The summed E-state index contributed by atoms with van der Waals surface area (Å²) in [5.74, 6) is -0.366. The summed E-state index contributed by atoms with van der Waals surface area (Å²) >= 11 is 8.68. The molecule has 0 amide bonds. The van der Waals surface area contributed by atoms with Crippen LogP contribution in [0.1, 0.15) is 22.7 Å². The van der Waals surface area contributed by atoms with Crippen molar-refractivity contribution in [1.82, 2.24) is 5.32 Å². The molecular formula is C21H18BrFN2S. The highest BCUT2D eigenvalue weighted by molar-refractivity contribution is 9.10. The third kappa shape index (κ3) is 4.68. The van der Waals surface area contributed by atoms with E-state index in [9.17, 15) is 4.39 Å². The standard InChI is InChI=1S/C21H18BrFN2S/c1-14-7-9-16(10-8-14)20(15-5-3-2-4-6-15)25-21(26)24-19-12-11-17(22)13-18(19)23/h2-13,20H,1H3,(H2,24,25,26)/t20-/m1/s1. The fourth-order valence-electron chi connectivity index (χ4n) is 2.64. The molecule has 0 aromatic heterocycles. The number of thiocarbonyl (C=S) groups is 1. The van der Waals surface area contributed by atoms with Gasteiger partial charge in [0.1, 0.15) is 5.82 Å². The van der Waals surface area contributed by atoms with E-state index in [1.807, 2.05) is 30.3 Å². The third-order valence-electron chi connectivity index (χ3n) is 4.00. The van der Waals surface area contributed by atoms with Gasteiger partial charge in [0.15, 0.2) is 5.11 Å². The van der Waals surface area contributed by atoms with Crippen LogP contribution in [0.5, 0.6) is 0 Å². The van der Waals surface area contributed by atoms with Gasteiger partial charge in [-0.15, -0.1) is 0 Å². The van der Waals surface area contributed by atoms with E-state index in [4.69, 9.17) is 12.2 Å². The van der Waals surface area contributed by atoms with E-state index >= 15 is 0 Å². The number of hydrogen-bond acceptors (Lipinski definition) is 1. The molecule has 0 radical (unpaired) electrons. The van der Waals surface area contributed by atoms with Gasteiger partial charge in [-0.25, -0.2) is 4.39 Å². The summed E-state index contributed by atoms with van der Waals surface area (Å²) in [5, 5.41) is 6.61. The summed E-state index contributed by atoms with van der Waals surface area (Å²) in [6, 6.07) is 23.0. The van der Waals surface area contributed by atoms with Gasteiger partial charge in [0.05, 0.1) is 11.7 Å². The van der Waals surface area contributed by atoms with E-state index in [2.05, 4.69) is 57.8 Å². The van der Waals surface area contributed by atoms with Gasteiger partial charge in [-0.2, -0.15) is 0 Å². The van der Waals surface area contributed by atoms with Crippen LogP contribution in [0.25, 0.3) is 0 Å². The number of halogens is 2. The summed E-state index contributed by atoms with van der Waals surface area (Å²) < 4.78 is 14.7. The number of nitrogens with one attached hydrogen (secondary N) is 2. The molecule has 26 heavy (non-hydrogen) atoms. The molecule has 0 saturated heterocycles. The average Bonchev–Trinajstić information content (AvgIpc) is 2.64. The molecule has 0 unspecified atom stereocenters. The van der Waals surface area contributed by atoms with Gasteiger partial charge < -0.3 is 10.6 Å². The molecule has 132 valence electrons. The first-order chi connectivity index (χ1) is 12.5. The number of hydrogen-bond donors (Lipinski definition) is 2. The number of rotatable bonds is 4. The van der Waals surface area contributed by atoms with E-state index in [1.165, 1.54) is 11.6 Å². The zero-order valence-electron chi connectivity index (χ0n) is 14.2. The molecule has 1 atom stereocenters. The summed E-state index contributed by atoms with van der Waals surface area (Å²) in [5.41, 5.74) is 3.69. The maximum absolute atomic E-state index is 14.1. The van der Waals surface area contributed by atoms with Gasteiger partial charge in [0.25, 0.3) is 0 Å². The number of benzene rings is 3. The van der Waals surface area contributed by atoms with Crippen molar-refractivity contribution in [3.8, 4) is 0 Å². The Labute approximate surface area is 166 Å². The number of aryl methyl sites for hydroxylation is 1. The lowest BCUT2D eigenvalue weighted by atomic mass is 9.98. The van der Waals surface area contributed by atoms with Gasteiger partial charge in [0, 0.05) is 4.47 Å². The number of anilines is 1. The van der Waals surface area contributed by atoms with Crippen LogP contribution in [0.2, 0.25) is 0 Å². The summed E-state index contributed by atoms with van der Waals surface area (Å²) in [6.07, 6.45) is 0. The molecule has 5 heteroatoms. The molecule has 0 fully saturated rings. The first-order valence-corrected chi connectivity index (χ1v) is 9.37. The predicted molar refractivity (Wildman–Crippen MR) is 113 cm³/mol. The fraction of sp³-hybridized carbons (Fsp3) is 0.0952. The monoisotopic (exact) mass is 428 g/mol. The molecule has 3 aromatic rings. The lowest BCUT2D eigenvalue weighted by Gasteiger charge is -2.22. The van der Waals surface area contributed by atoms with E-state index in [0.29, 0.717) is 15.3 Å². The van der Waals surface area contributed by atoms with Crippen molar-refractivity contribution in [2.75, 3.05) is 5.32 Å². The van der Waals surface area contributed by atoms with Crippen LogP contribution in [-0.4, -0.2) is 5.11 Å². The molecule has 0 aliphatic rings. The minimum atomic E-state index is -0.366. The Morgan fingerprint density at radius 1 is 0.962 bits per heavy atom. The van der Waals surface area contributed by atoms with Crippen molar-refractivity contribution >= 4 is 38.9 Å². The zero-order valence-corrected chi connectivity index (χ0v) is 16.6. The van der Waals surface area contributed by atoms with Gasteiger partial charge in [-0.05, 0) is 48.5 Å².